The van der Waals surface area contributed by atoms with Gasteiger partial charge < -0.3 is 24.1 Å². The van der Waals surface area contributed by atoms with E-state index in [2.05, 4.69) is 55.4 Å². The molecule has 61 heavy (non-hydrogen) atoms. The third-order valence-corrected chi connectivity index (χ3v) is 11.7. The van der Waals surface area contributed by atoms with Crippen molar-refractivity contribution >= 4 is 0 Å². The van der Waals surface area contributed by atoms with Crippen LogP contribution in [0, 0.1) is 31.6 Å². The van der Waals surface area contributed by atoms with E-state index in [0.717, 1.165) is 43.4 Å². The van der Waals surface area contributed by atoms with Crippen LogP contribution in [-0.4, -0.2) is 23.4 Å². The second kappa shape index (κ2) is 72.2. The van der Waals surface area contributed by atoms with Crippen molar-refractivity contribution in [2.45, 2.75) is 325 Å². The fourth-order valence-corrected chi connectivity index (χ4v) is 7.60. The molecule has 0 rings (SSSR count). The Hall–Kier alpha value is 0.603. The van der Waals surface area contributed by atoms with Crippen molar-refractivity contribution in [3.63, 3.8) is 0 Å². The summed E-state index contributed by atoms with van der Waals surface area (Å²) >= 11 is 0.300. The number of aliphatic hydroxyl groups excluding tert-OH is 2. The van der Waals surface area contributed by atoms with Crippen molar-refractivity contribution < 1.29 is 37.7 Å². The fraction of sp³-hybridized carbons (Fsp3) is 0.965. The first-order chi connectivity index (χ1) is 29.7. The minimum atomic E-state index is 0.300. The molecule has 3 nitrogen and oxygen atoms in total. The molecule has 0 aliphatic carbocycles. The Morgan fingerprint density at radius 3 is 0.574 bits per heavy atom. The average Bonchev–Trinajstić information content (AvgIpc) is 3.25. The van der Waals surface area contributed by atoms with E-state index in [4.69, 9.17) is 13.0 Å². The number of hydrogen-bond acceptors (Lipinski definition) is 3. The van der Waals surface area contributed by atoms with Gasteiger partial charge in [-0.15, -0.1) is 0 Å². The summed E-state index contributed by atoms with van der Waals surface area (Å²) in [5, 5.41) is 16.5. The van der Waals surface area contributed by atoms with Gasteiger partial charge in [0.05, 0.1) is 0 Å². The number of aliphatic hydroxyl groups is 2. The summed E-state index contributed by atoms with van der Waals surface area (Å²) in [6, 6.07) is 0. The molecular formula is C57H120O3Zr. The molecule has 0 heterocycles. The van der Waals surface area contributed by atoms with E-state index < -0.39 is 0 Å². The van der Waals surface area contributed by atoms with Gasteiger partial charge in [0, 0.05) is 13.2 Å². The van der Waals surface area contributed by atoms with Crippen LogP contribution in [0.5, 0.6) is 0 Å². The Bertz CT molecular complexity index is 618. The molecule has 370 valence electrons. The van der Waals surface area contributed by atoms with Gasteiger partial charge in [-0.3, -0.25) is 0 Å². The molecule has 0 aromatic heterocycles. The fourth-order valence-electron chi connectivity index (χ4n) is 7.60. The van der Waals surface area contributed by atoms with Crippen LogP contribution >= 0.6 is 0 Å². The number of unbranched alkanes of at least 4 members (excludes halogenated alkanes) is 36. The van der Waals surface area contributed by atoms with Crippen LogP contribution in [0.25, 0.3) is 0 Å². The predicted molar refractivity (Wildman–Crippen MR) is 274 cm³/mol. The van der Waals surface area contributed by atoms with Crippen molar-refractivity contribution in [3.8, 4) is 0 Å². The first-order valence-electron chi connectivity index (χ1n) is 27.7. The van der Waals surface area contributed by atoms with E-state index in [1.54, 1.807) is 0 Å². The first kappa shape index (κ1) is 70.6. The molecule has 4 heteroatoms. The van der Waals surface area contributed by atoms with Crippen LogP contribution in [0.3, 0.4) is 0 Å². The Balaban J connectivity index is -0.000000241. The second-order valence-corrected chi connectivity index (χ2v) is 19.8. The normalized spacial score (nSPS) is 10.8. The maximum atomic E-state index is 8.67. The zero-order valence-corrected chi connectivity index (χ0v) is 46.2. The van der Waals surface area contributed by atoms with Gasteiger partial charge in [-0.1, -0.05) is 299 Å². The molecule has 0 radical (unpaired) electrons. The SMILES string of the molecule is CC(C)CCCCCCCCCCCCCCCO.CCCO.[CH2-]CCCCCCCCCCCCCCC(C)C.[CH2-]CCCCCCCCCCCCCCC(C)C.[O]=[Zr+2]. The molecule has 0 aromatic carbocycles. The Kier molecular flexibility index (Phi) is 83.6. The molecule has 0 fully saturated rings. The van der Waals surface area contributed by atoms with Gasteiger partial charge in [-0.25, -0.2) is 0 Å². The zero-order valence-electron chi connectivity index (χ0n) is 43.8. The van der Waals surface area contributed by atoms with Gasteiger partial charge >= 0.3 is 27.5 Å². The summed E-state index contributed by atoms with van der Waals surface area (Å²) in [5.74, 6) is 2.68. The molecule has 0 aliphatic heterocycles. The Labute approximate surface area is 404 Å². The third kappa shape index (κ3) is 91.8. The monoisotopic (exact) mass is 943 g/mol. The van der Waals surface area contributed by atoms with E-state index in [9.17, 15) is 0 Å². The number of rotatable bonds is 44. The van der Waals surface area contributed by atoms with Crippen LogP contribution in [-0.2, 0) is 27.5 Å². The summed E-state index contributed by atoms with van der Waals surface area (Å²) in [5.41, 5.74) is 0. The van der Waals surface area contributed by atoms with Crippen LogP contribution in [0.2, 0.25) is 0 Å². The quantitative estimate of drug-likeness (QED) is 0.0473. The van der Waals surface area contributed by atoms with Crippen molar-refractivity contribution in [3.05, 3.63) is 13.8 Å². The average molecular weight is 945 g/mol. The molecule has 0 saturated heterocycles. The molecule has 0 saturated carbocycles. The molecule has 0 spiro atoms. The predicted octanol–water partition coefficient (Wildman–Crippen LogP) is 20.2. The Morgan fingerprint density at radius 2 is 0.443 bits per heavy atom. The van der Waals surface area contributed by atoms with Gasteiger partial charge in [-0.05, 0) is 30.6 Å². The molecule has 0 aromatic rings. The molecule has 2 N–H and O–H groups in total. The van der Waals surface area contributed by atoms with Crippen molar-refractivity contribution in [1.29, 1.82) is 0 Å². The molecule has 0 amide bonds. The van der Waals surface area contributed by atoms with Gasteiger partial charge in [0.25, 0.3) is 0 Å². The summed E-state index contributed by atoms with van der Waals surface area (Å²) in [7, 11) is 0. The second-order valence-electron chi connectivity index (χ2n) is 19.8. The van der Waals surface area contributed by atoms with E-state index in [0.29, 0.717) is 37.9 Å². The summed E-state index contributed by atoms with van der Waals surface area (Å²) < 4.78 is 8.34. The third-order valence-electron chi connectivity index (χ3n) is 11.7. The van der Waals surface area contributed by atoms with Gasteiger partial charge in [0.1, 0.15) is 0 Å². The van der Waals surface area contributed by atoms with E-state index >= 15 is 0 Å². The van der Waals surface area contributed by atoms with Crippen LogP contribution in [0.15, 0.2) is 0 Å². The molecule has 0 aliphatic rings. The van der Waals surface area contributed by atoms with Crippen molar-refractivity contribution in [1.82, 2.24) is 0 Å². The Morgan fingerprint density at radius 1 is 0.295 bits per heavy atom. The standard InChI is InChI=1S/C18H38O.2C18H37.C3H8O.O.Zr/c1-18(2)16-14-12-10-8-6-4-3-5-7-9-11-13-15-17-19;2*1-4-5-6-7-8-9-10-11-12-13-14-15-16-17-18(2)3;1-2-3-4;;/h18-19H,3-17H2,1-2H3;2*18H,1,4-17H2,2-3H3;4H,2-3H2,1H3;;/q;2*-1;;;+2. The van der Waals surface area contributed by atoms with E-state index in [1.165, 1.54) is 250 Å². The van der Waals surface area contributed by atoms with Crippen molar-refractivity contribution in [2.75, 3.05) is 13.2 Å². The topological polar surface area (TPSA) is 57.5 Å². The van der Waals surface area contributed by atoms with Crippen LogP contribution < -0.4 is 0 Å². The summed E-state index contributed by atoms with van der Waals surface area (Å²) in [4.78, 5) is 0. The van der Waals surface area contributed by atoms with Crippen LogP contribution in [0.4, 0.5) is 0 Å². The zero-order chi connectivity index (χ0) is 46.6. The minimum absolute atomic E-state index is 0.300. The van der Waals surface area contributed by atoms with Gasteiger partial charge in [0.15, 0.2) is 0 Å². The molecular weight excluding hydrogens is 824 g/mol. The van der Waals surface area contributed by atoms with Crippen molar-refractivity contribution in [2.24, 2.45) is 17.8 Å². The maximum absolute atomic E-state index is 8.67. The summed E-state index contributed by atoms with van der Waals surface area (Å²) in [6.45, 7) is 24.4. The number of hydrogen-bond donors (Lipinski definition) is 2. The van der Waals surface area contributed by atoms with Gasteiger partial charge in [0.2, 0.25) is 0 Å². The molecule has 0 atom stereocenters. The van der Waals surface area contributed by atoms with E-state index in [-0.39, 0.29) is 0 Å². The first-order valence-corrected chi connectivity index (χ1v) is 28.7. The van der Waals surface area contributed by atoms with Crippen LogP contribution in [0.1, 0.15) is 325 Å². The molecule has 0 bridgehead atoms. The molecule has 0 unspecified atom stereocenters. The van der Waals surface area contributed by atoms with E-state index in [1.807, 2.05) is 6.92 Å². The summed E-state index contributed by atoms with van der Waals surface area (Å²) in [6.07, 6.45) is 59.9. The van der Waals surface area contributed by atoms with Gasteiger partial charge in [-0.2, -0.15) is 12.8 Å².